The molecule has 0 bridgehead atoms. The number of carbonyl (C=O) groups is 2. The summed E-state index contributed by atoms with van der Waals surface area (Å²) in [6, 6.07) is 24.4. The second-order valence-electron chi connectivity index (χ2n) is 11.6. The molecule has 1 amide bonds. The van der Waals surface area contributed by atoms with Gasteiger partial charge in [-0.15, -0.1) is 0 Å². The van der Waals surface area contributed by atoms with E-state index in [1.54, 1.807) is 11.9 Å². The van der Waals surface area contributed by atoms with E-state index in [1.807, 2.05) is 43.4 Å². The van der Waals surface area contributed by atoms with Gasteiger partial charge in [0, 0.05) is 35.6 Å². The SMILES string of the molecule is CN(C[C@H](O)CNC(C)(C)CC1Cc2ccccc2C1)Sc1cccc(-c2ccc(NC(=O)CCC(=O)O)cc2)c1. The highest BCUT2D eigenvalue weighted by atomic mass is 32.2. The minimum absolute atomic E-state index is 0.0510. The summed E-state index contributed by atoms with van der Waals surface area (Å²) in [5.74, 6) is -0.672. The summed E-state index contributed by atoms with van der Waals surface area (Å²) >= 11 is 1.59. The van der Waals surface area contributed by atoms with Crippen molar-refractivity contribution in [2.24, 2.45) is 5.92 Å². The molecule has 0 aliphatic heterocycles. The van der Waals surface area contributed by atoms with Crippen molar-refractivity contribution in [2.45, 2.75) is 62.5 Å². The van der Waals surface area contributed by atoms with Gasteiger partial charge in [-0.2, -0.15) is 0 Å². The molecular weight excluding hydrogens is 534 g/mol. The molecule has 1 aliphatic carbocycles. The first-order valence-corrected chi connectivity index (χ1v) is 14.9. The Morgan fingerprint density at radius 2 is 1.66 bits per heavy atom. The molecule has 3 aromatic rings. The minimum Gasteiger partial charge on any atom is -0.481 e. The van der Waals surface area contributed by atoms with E-state index in [2.05, 4.69) is 65.2 Å². The highest BCUT2D eigenvalue weighted by Crippen LogP contribution is 2.32. The van der Waals surface area contributed by atoms with Gasteiger partial charge in [0.15, 0.2) is 0 Å². The molecule has 1 aliphatic rings. The van der Waals surface area contributed by atoms with E-state index in [4.69, 9.17) is 5.11 Å². The number of β-amino-alcohol motifs (C(OH)–C–C–N with tert-alkyl or cyclic N) is 1. The Kier molecular flexibility index (Phi) is 10.6. The molecule has 0 unspecified atom stereocenters. The van der Waals surface area contributed by atoms with Crippen LogP contribution < -0.4 is 10.6 Å². The van der Waals surface area contributed by atoms with Gasteiger partial charge >= 0.3 is 5.97 Å². The fourth-order valence-corrected chi connectivity index (χ4v) is 6.41. The van der Waals surface area contributed by atoms with Crippen molar-refractivity contribution in [3.05, 3.63) is 83.9 Å². The summed E-state index contributed by atoms with van der Waals surface area (Å²) < 4.78 is 2.06. The number of nitrogens with one attached hydrogen (secondary N) is 2. The Morgan fingerprint density at radius 1 is 0.976 bits per heavy atom. The van der Waals surface area contributed by atoms with Gasteiger partial charge in [-0.25, -0.2) is 4.31 Å². The molecule has 1 atom stereocenters. The zero-order valence-corrected chi connectivity index (χ0v) is 24.9. The highest BCUT2D eigenvalue weighted by Gasteiger charge is 2.28. The van der Waals surface area contributed by atoms with Crippen molar-refractivity contribution in [2.75, 3.05) is 25.5 Å². The molecule has 0 saturated heterocycles. The van der Waals surface area contributed by atoms with Crippen molar-refractivity contribution in [3.63, 3.8) is 0 Å². The summed E-state index contributed by atoms with van der Waals surface area (Å²) in [6.07, 6.45) is 2.61. The van der Waals surface area contributed by atoms with Crippen molar-refractivity contribution in [1.82, 2.24) is 9.62 Å². The number of hydrogen-bond donors (Lipinski definition) is 4. The number of carboxylic acids is 1. The van der Waals surface area contributed by atoms with E-state index in [9.17, 15) is 14.7 Å². The Labute approximate surface area is 247 Å². The lowest BCUT2D eigenvalue weighted by Gasteiger charge is -2.31. The van der Waals surface area contributed by atoms with Gasteiger partial charge in [-0.3, -0.25) is 9.59 Å². The molecule has 0 fully saturated rings. The summed E-state index contributed by atoms with van der Waals surface area (Å²) in [5.41, 5.74) is 5.59. The molecular formula is C33H41N3O4S. The Hall–Kier alpha value is -3.17. The van der Waals surface area contributed by atoms with Gasteiger partial charge in [0.1, 0.15) is 0 Å². The summed E-state index contributed by atoms with van der Waals surface area (Å²) in [6.45, 7) is 5.53. The average Bonchev–Trinajstić information content (AvgIpc) is 3.33. The van der Waals surface area contributed by atoms with Crippen LogP contribution in [0.3, 0.4) is 0 Å². The zero-order valence-electron chi connectivity index (χ0n) is 24.1. The largest absolute Gasteiger partial charge is 0.481 e. The Bertz CT molecular complexity index is 1300. The number of likely N-dealkylation sites (N-methyl/N-ethyl adjacent to an activating group) is 1. The predicted octanol–water partition coefficient (Wildman–Crippen LogP) is 5.63. The number of anilines is 1. The second kappa shape index (κ2) is 14.1. The molecule has 41 heavy (non-hydrogen) atoms. The van der Waals surface area contributed by atoms with Gasteiger partial charge in [-0.1, -0.05) is 48.5 Å². The van der Waals surface area contributed by atoms with Crippen LogP contribution in [-0.4, -0.2) is 58.2 Å². The quantitative estimate of drug-likeness (QED) is 0.185. The normalized spacial score (nSPS) is 14.2. The molecule has 0 aromatic heterocycles. The monoisotopic (exact) mass is 575 g/mol. The fraction of sp³-hybridized carbons (Fsp3) is 0.394. The van der Waals surface area contributed by atoms with Crippen LogP contribution >= 0.6 is 11.9 Å². The minimum atomic E-state index is -0.990. The highest BCUT2D eigenvalue weighted by molar-refractivity contribution is 7.97. The van der Waals surface area contributed by atoms with Crippen LogP contribution in [0.15, 0.2) is 77.7 Å². The van der Waals surface area contributed by atoms with Crippen LogP contribution in [0.25, 0.3) is 11.1 Å². The number of fused-ring (bicyclic) bond motifs is 1. The zero-order chi connectivity index (χ0) is 29.4. The first kappa shape index (κ1) is 30.8. The standard InChI is InChI=1S/C33H41N3O4S/c1-33(2,20-23-17-25-7-4-5-8-26(25)18-23)34-21-29(37)22-36(3)41-30-10-6-9-27(19-30)24-11-13-28(14-12-24)35-31(38)15-16-32(39)40/h4-14,19,23,29,34,37H,15-18,20-22H2,1-3H3,(H,35,38)(H,39,40)/t29-/m1/s1. The van der Waals surface area contributed by atoms with E-state index in [0.717, 1.165) is 35.3 Å². The predicted molar refractivity (Wildman–Crippen MR) is 166 cm³/mol. The van der Waals surface area contributed by atoms with Gasteiger partial charge in [0.25, 0.3) is 0 Å². The molecule has 218 valence electrons. The molecule has 4 N–H and O–H groups in total. The third-order valence-electron chi connectivity index (χ3n) is 7.38. The first-order valence-electron chi connectivity index (χ1n) is 14.2. The van der Waals surface area contributed by atoms with Crippen molar-refractivity contribution < 1.29 is 19.8 Å². The van der Waals surface area contributed by atoms with Crippen molar-refractivity contribution in [3.8, 4) is 11.1 Å². The molecule has 0 heterocycles. The number of aliphatic hydroxyl groups is 1. The maximum Gasteiger partial charge on any atom is 0.303 e. The van der Waals surface area contributed by atoms with Crippen molar-refractivity contribution in [1.29, 1.82) is 0 Å². The fourth-order valence-electron chi connectivity index (χ4n) is 5.48. The molecule has 0 radical (unpaired) electrons. The van der Waals surface area contributed by atoms with Crippen molar-refractivity contribution >= 4 is 29.5 Å². The number of aliphatic hydroxyl groups excluding tert-OH is 1. The molecule has 7 nitrogen and oxygen atoms in total. The molecule has 8 heteroatoms. The van der Waals surface area contributed by atoms with Gasteiger partial charge in [0.2, 0.25) is 5.91 Å². The van der Waals surface area contributed by atoms with Gasteiger partial charge in [0.05, 0.1) is 12.5 Å². The van der Waals surface area contributed by atoms with E-state index in [-0.39, 0.29) is 24.3 Å². The number of nitrogens with zero attached hydrogens (tertiary/aromatic N) is 1. The van der Waals surface area contributed by atoms with E-state index in [1.165, 1.54) is 11.1 Å². The Morgan fingerprint density at radius 3 is 2.32 bits per heavy atom. The number of rotatable bonds is 14. The lowest BCUT2D eigenvalue weighted by molar-refractivity contribution is -0.138. The van der Waals surface area contributed by atoms with E-state index in [0.29, 0.717) is 24.7 Å². The lowest BCUT2D eigenvalue weighted by Crippen LogP contribution is -2.46. The van der Waals surface area contributed by atoms with Gasteiger partial charge < -0.3 is 20.8 Å². The third-order valence-corrected chi connectivity index (χ3v) is 8.31. The van der Waals surface area contributed by atoms with Gasteiger partial charge in [-0.05, 0) is 105 Å². The van der Waals surface area contributed by atoms with Crippen LogP contribution in [0.4, 0.5) is 5.69 Å². The molecule has 0 saturated carbocycles. The number of hydrogen-bond acceptors (Lipinski definition) is 6. The smallest absolute Gasteiger partial charge is 0.303 e. The maximum absolute atomic E-state index is 11.9. The van der Waals surface area contributed by atoms with E-state index < -0.39 is 12.1 Å². The number of benzene rings is 3. The first-order chi connectivity index (χ1) is 19.6. The molecule has 3 aromatic carbocycles. The van der Waals surface area contributed by atoms with Crippen LogP contribution in [0.1, 0.15) is 44.2 Å². The number of amides is 1. The number of carboxylic acid groups (broad SMARTS) is 1. The number of carbonyl (C=O) groups excluding carboxylic acids is 1. The van der Waals surface area contributed by atoms with E-state index >= 15 is 0 Å². The van der Waals surface area contributed by atoms with Crippen LogP contribution in [0.5, 0.6) is 0 Å². The number of aliphatic carboxylic acids is 1. The lowest BCUT2D eigenvalue weighted by atomic mass is 9.88. The molecule has 4 rings (SSSR count). The molecule has 0 spiro atoms. The summed E-state index contributed by atoms with van der Waals surface area (Å²) in [7, 11) is 1.99. The third kappa shape index (κ3) is 9.71. The Balaban J connectivity index is 1.22. The van der Waals surface area contributed by atoms with Crippen LogP contribution in [-0.2, 0) is 22.4 Å². The van der Waals surface area contributed by atoms with Crippen LogP contribution in [0.2, 0.25) is 0 Å². The summed E-state index contributed by atoms with van der Waals surface area (Å²) in [5, 5.41) is 25.8. The second-order valence-corrected chi connectivity index (χ2v) is 12.9. The maximum atomic E-state index is 11.9. The summed E-state index contributed by atoms with van der Waals surface area (Å²) in [4.78, 5) is 23.6. The van der Waals surface area contributed by atoms with Crippen LogP contribution in [0, 0.1) is 5.92 Å². The average molecular weight is 576 g/mol. The topological polar surface area (TPSA) is 102 Å².